The number of nitrogens with zero attached hydrogens (tertiary/aromatic N) is 6. The van der Waals surface area contributed by atoms with Crippen LogP contribution in [0.4, 0.5) is 10.2 Å². The highest BCUT2D eigenvalue weighted by Gasteiger charge is 2.36. The summed E-state index contributed by atoms with van der Waals surface area (Å²) in [4.78, 5) is 45.3. The lowest BCUT2D eigenvalue weighted by molar-refractivity contribution is -0.143. The number of anilines is 1. The molecule has 1 unspecified atom stereocenters. The van der Waals surface area contributed by atoms with Crippen molar-refractivity contribution in [3.8, 4) is 5.88 Å². The van der Waals surface area contributed by atoms with Crippen LogP contribution in [0.2, 0.25) is 0 Å². The van der Waals surface area contributed by atoms with Crippen molar-refractivity contribution < 1.29 is 18.7 Å². The fourth-order valence-electron chi connectivity index (χ4n) is 5.39. The Balaban J connectivity index is 1.12. The van der Waals surface area contributed by atoms with E-state index in [4.69, 9.17) is 4.74 Å². The third-order valence-corrected chi connectivity index (χ3v) is 8.31. The summed E-state index contributed by atoms with van der Waals surface area (Å²) < 4.78 is 20.0. The number of carbonyl (C=O) groups excluding carboxylic acids is 2. The lowest BCUT2D eigenvalue weighted by atomic mass is 10.1. The number of methoxy groups -OCH3 is 1. The Morgan fingerprint density at radius 1 is 1.13 bits per heavy atom. The van der Waals surface area contributed by atoms with Gasteiger partial charge in [0.1, 0.15) is 11.6 Å². The van der Waals surface area contributed by atoms with Crippen molar-refractivity contribution in [2.24, 2.45) is 0 Å². The summed E-state index contributed by atoms with van der Waals surface area (Å²) in [6.45, 7) is 4.37. The van der Waals surface area contributed by atoms with Crippen molar-refractivity contribution in [2.75, 3.05) is 57.4 Å². The molecule has 1 N–H and O–H groups in total. The number of fused-ring (bicyclic) bond motifs is 3. The second kappa shape index (κ2) is 10.4. The average molecular weight is 538 g/mol. The molecule has 1 atom stereocenters. The molecular formula is C26H28FN7O3S. The average Bonchev–Trinajstić information content (AvgIpc) is 2.91. The maximum absolute atomic E-state index is 14.8. The van der Waals surface area contributed by atoms with E-state index >= 15 is 0 Å². The minimum atomic E-state index is -0.372. The van der Waals surface area contributed by atoms with Gasteiger partial charge in [-0.05, 0) is 24.6 Å². The number of amides is 2. The van der Waals surface area contributed by atoms with Gasteiger partial charge >= 0.3 is 0 Å². The highest BCUT2D eigenvalue weighted by atomic mass is 32.2. The van der Waals surface area contributed by atoms with Crippen LogP contribution in [0, 0.1) is 5.82 Å². The molecule has 2 amide bonds. The van der Waals surface area contributed by atoms with Gasteiger partial charge < -0.3 is 15.0 Å². The lowest BCUT2D eigenvalue weighted by Crippen LogP contribution is -2.64. The number of aromatic nitrogens is 3. The fraction of sp³-hybridized carbons (Fsp3) is 0.423. The van der Waals surface area contributed by atoms with Gasteiger partial charge in [0.25, 0.3) is 0 Å². The van der Waals surface area contributed by atoms with Gasteiger partial charge in [-0.3, -0.25) is 24.4 Å². The Labute approximate surface area is 223 Å². The van der Waals surface area contributed by atoms with Gasteiger partial charge in [-0.25, -0.2) is 14.4 Å². The quantitative estimate of drug-likeness (QED) is 0.504. The Morgan fingerprint density at radius 3 is 2.87 bits per heavy atom. The van der Waals surface area contributed by atoms with E-state index in [1.54, 1.807) is 12.1 Å². The molecule has 10 nitrogen and oxygen atoms in total. The summed E-state index contributed by atoms with van der Waals surface area (Å²) in [5.74, 6) is 1.12. The van der Waals surface area contributed by atoms with Crippen molar-refractivity contribution in [1.82, 2.24) is 29.7 Å². The number of halogens is 1. The van der Waals surface area contributed by atoms with Crippen molar-refractivity contribution in [1.29, 1.82) is 0 Å². The molecule has 38 heavy (non-hydrogen) atoms. The highest BCUT2D eigenvalue weighted by Crippen LogP contribution is 2.30. The highest BCUT2D eigenvalue weighted by molar-refractivity contribution is 8.00. The Kier molecular flexibility index (Phi) is 6.85. The van der Waals surface area contributed by atoms with Gasteiger partial charge in [0.2, 0.25) is 17.7 Å². The van der Waals surface area contributed by atoms with Gasteiger partial charge in [-0.15, -0.1) is 11.8 Å². The largest absolute Gasteiger partial charge is 0.481 e. The van der Waals surface area contributed by atoms with Gasteiger partial charge in [-0.1, -0.05) is 0 Å². The molecule has 0 saturated carbocycles. The van der Waals surface area contributed by atoms with Crippen molar-refractivity contribution >= 4 is 40.4 Å². The van der Waals surface area contributed by atoms with Crippen molar-refractivity contribution in [3.05, 3.63) is 47.5 Å². The maximum atomic E-state index is 14.8. The standard InChI is InChI=1S/C26H28FN7O3S/c1-37-23-5-3-20-25(31-23)18(19(27)10-28-20)6-7-32-8-9-34-17(12-32)13-33(14-24(34)36)11-16-2-4-21-26(29-16)30-22(35)15-38-21/h2-5,10,17H,6-9,11-15H2,1H3,(H,29,30,35). The molecule has 6 rings (SSSR count). The lowest BCUT2D eigenvalue weighted by Gasteiger charge is -2.47. The number of hydrogen-bond acceptors (Lipinski definition) is 9. The smallest absolute Gasteiger partial charge is 0.237 e. The molecule has 2 fully saturated rings. The first-order chi connectivity index (χ1) is 18.5. The molecule has 0 bridgehead atoms. The summed E-state index contributed by atoms with van der Waals surface area (Å²) in [5, 5.41) is 2.83. The molecule has 198 valence electrons. The summed E-state index contributed by atoms with van der Waals surface area (Å²) >= 11 is 1.48. The molecular weight excluding hydrogens is 509 g/mol. The predicted octanol–water partition coefficient (Wildman–Crippen LogP) is 1.79. The van der Waals surface area contributed by atoms with Crippen LogP contribution in [0.5, 0.6) is 5.88 Å². The van der Waals surface area contributed by atoms with E-state index in [0.29, 0.717) is 73.2 Å². The normalized spacial score (nSPS) is 20.3. The summed E-state index contributed by atoms with van der Waals surface area (Å²) in [6, 6.07) is 7.50. The number of pyridine rings is 3. The molecule has 3 aromatic heterocycles. The maximum Gasteiger partial charge on any atom is 0.237 e. The number of thioether (sulfide) groups is 1. The zero-order chi connectivity index (χ0) is 26.2. The number of hydrogen-bond donors (Lipinski definition) is 1. The Bertz CT molecular complexity index is 1410. The molecule has 0 aliphatic carbocycles. The Morgan fingerprint density at radius 2 is 2.00 bits per heavy atom. The molecule has 6 heterocycles. The number of rotatable bonds is 6. The van der Waals surface area contributed by atoms with E-state index < -0.39 is 0 Å². The second-order valence-corrected chi connectivity index (χ2v) is 10.8. The van der Waals surface area contributed by atoms with E-state index in [-0.39, 0.29) is 23.7 Å². The molecule has 3 aliphatic heterocycles. The van der Waals surface area contributed by atoms with Gasteiger partial charge in [-0.2, -0.15) is 0 Å². The van der Waals surface area contributed by atoms with Crippen LogP contribution in [0.1, 0.15) is 11.3 Å². The molecule has 12 heteroatoms. The molecule has 2 saturated heterocycles. The first-order valence-corrected chi connectivity index (χ1v) is 13.6. The number of ether oxygens (including phenoxy) is 1. The van der Waals surface area contributed by atoms with Crippen LogP contribution in [-0.4, -0.2) is 99.6 Å². The van der Waals surface area contributed by atoms with Crippen LogP contribution >= 0.6 is 11.8 Å². The number of piperazine rings is 2. The number of nitrogens with one attached hydrogen (secondary N) is 1. The third-order valence-electron chi connectivity index (χ3n) is 7.26. The third kappa shape index (κ3) is 5.03. The zero-order valence-corrected chi connectivity index (χ0v) is 21.8. The molecule has 0 spiro atoms. The molecule has 0 aromatic carbocycles. The molecule has 3 aromatic rings. The summed E-state index contributed by atoms with van der Waals surface area (Å²) in [7, 11) is 1.54. The van der Waals surface area contributed by atoms with E-state index in [1.165, 1.54) is 25.1 Å². The van der Waals surface area contributed by atoms with Crippen LogP contribution in [0.25, 0.3) is 11.0 Å². The number of carbonyl (C=O) groups is 2. The molecule has 0 radical (unpaired) electrons. The summed E-state index contributed by atoms with van der Waals surface area (Å²) in [6.07, 6.45) is 1.73. The second-order valence-electron chi connectivity index (χ2n) is 9.75. The van der Waals surface area contributed by atoms with E-state index in [2.05, 4.69) is 30.1 Å². The van der Waals surface area contributed by atoms with E-state index in [1.807, 2.05) is 17.0 Å². The first-order valence-electron chi connectivity index (χ1n) is 12.6. The van der Waals surface area contributed by atoms with Crippen LogP contribution in [0.3, 0.4) is 0 Å². The van der Waals surface area contributed by atoms with Crippen LogP contribution < -0.4 is 10.1 Å². The Hall–Kier alpha value is -3.35. The monoisotopic (exact) mass is 537 g/mol. The minimum absolute atomic E-state index is 0.0483. The zero-order valence-electron chi connectivity index (χ0n) is 21.0. The van der Waals surface area contributed by atoms with Crippen LogP contribution in [-0.2, 0) is 22.6 Å². The minimum Gasteiger partial charge on any atom is -0.481 e. The summed E-state index contributed by atoms with van der Waals surface area (Å²) in [5.41, 5.74) is 2.51. The predicted molar refractivity (Wildman–Crippen MR) is 141 cm³/mol. The van der Waals surface area contributed by atoms with Crippen LogP contribution in [0.15, 0.2) is 35.4 Å². The SMILES string of the molecule is COc1ccc2ncc(F)c(CCN3CCN4C(=O)CN(Cc5ccc6c(n5)NC(=O)CS6)CC4C3)c2n1. The first kappa shape index (κ1) is 25.0. The van der Waals surface area contributed by atoms with Gasteiger partial charge in [0.15, 0.2) is 0 Å². The topological polar surface area (TPSA) is 104 Å². The van der Waals surface area contributed by atoms with Gasteiger partial charge in [0.05, 0.1) is 53.3 Å². The van der Waals surface area contributed by atoms with Crippen molar-refractivity contribution in [2.45, 2.75) is 23.9 Å². The van der Waals surface area contributed by atoms with E-state index in [0.717, 1.165) is 23.7 Å². The van der Waals surface area contributed by atoms with Crippen molar-refractivity contribution in [3.63, 3.8) is 0 Å². The molecule has 3 aliphatic rings. The van der Waals surface area contributed by atoms with Gasteiger partial charge in [0, 0.05) is 50.9 Å². The fourth-order valence-corrected chi connectivity index (χ4v) is 6.15. The van der Waals surface area contributed by atoms with E-state index in [9.17, 15) is 14.0 Å².